The Bertz CT molecular complexity index is 410. The molecule has 2 heterocycles. The summed E-state index contributed by atoms with van der Waals surface area (Å²) >= 11 is 1.50. The van der Waals surface area contributed by atoms with Gasteiger partial charge in [-0.05, 0) is 19.4 Å². The second-order valence-corrected chi connectivity index (χ2v) is 5.67. The van der Waals surface area contributed by atoms with E-state index >= 15 is 0 Å². The highest BCUT2D eigenvalue weighted by Crippen LogP contribution is 2.24. The average Bonchev–Trinajstić information content (AvgIpc) is 2.87. The number of aromatic nitrogens is 1. The number of halogens is 1. The molecule has 0 aliphatic carbocycles. The average molecular weight is 291 g/mol. The minimum Gasteiger partial charge on any atom is -0.375 e. The second kappa shape index (κ2) is 6.36. The Labute approximate surface area is 117 Å². The van der Waals surface area contributed by atoms with Crippen molar-refractivity contribution < 1.29 is 4.79 Å². The number of rotatable bonds is 3. The zero-order valence-electron chi connectivity index (χ0n) is 10.6. The molecule has 0 spiro atoms. The van der Waals surface area contributed by atoms with E-state index in [1.54, 1.807) is 11.1 Å². The maximum absolute atomic E-state index is 12.0. The summed E-state index contributed by atoms with van der Waals surface area (Å²) in [4.78, 5) is 21.1. The van der Waals surface area contributed by atoms with Crippen LogP contribution in [-0.4, -0.2) is 47.4 Å². The Morgan fingerprint density at radius 2 is 2.39 bits per heavy atom. The molecule has 102 valence electrons. The number of carbonyl (C=O) groups is 1. The van der Waals surface area contributed by atoms with Gasteiger partial charge in [-0.25, -0.2) is 4.98 Å². The van der Waals surface area contributed by atoms with Gasteiger partial charge in [0.15, 0.2) is 5.13 Å². The number of nitrogens with two attached hydrogens (primary N) is 1. The zero-order chi connectivity index (χ0) is 12.4. The molecule has 1 fully saturated rings. The molecule has 1 saturated heterocycles. The fourth-order valence-electron chi connectivity index (χ4n) is 2.19. The number of thiazole rings is 1. The van der Waals surface area contributed by atoms with Gasteiger partial charge in [-0.2, -0.15) is 0 Å². The van der Waals surface area contributed by atoms with Crippen molar-refractivity contribution in [2.24, 2.45) is 0 Å². The molecule has 1 aliphatic rings. The number of nitrogen functional groups attached to an aromatic ring is 1. The van der Waals surface area contributed by atoms with Crippen molar-refractivity contribution >= 4 is 34.8 Å². The fraction of sp³-hybridized carbons (Fsp3) is 0.636. The molecule has 1 aromatic rings. The van der Waals surface area contributed by atoms with Crippen LogP contribution >= 0.6 is 23.7 Å². The summed E-state index contributed by atoms with van der Waals surface area (Å²) in [6, 6.07) is 0.0216. The van der Waals surface area contributed by atoms with Crippen molar-refractivity contribution in [1.29, 1.82) is 0 Å². The number of hydrogen-bond acceptors (Lipinski definition) is 5. The van der Waals surface area contributed by atoms with Gasteiger partial charge in [0, 0.05) is 31.7 Å². The Balaban J connectivity index is 0.00000162. The highest BCUT2D eigenvalue weighted by molar-refractivity contribution is 7.15. The normalized spacial score (nSPS) is 19.6. The largest absolute Gasteiger partial charge is 0.375 e. The molecule has 2 N–H and O–H groups in total. The lowest BCUT2D eigenvalue weighted by molar-refractivity contribution is -0.133. The predicted octanol–water partition coefficient (Wildman–Crippen LogP) is 1.20. The van der Waals surface area contributed by atoms with E-state index in [2.05, 4.69) is 9.88 Å². The number of carbonyl (C=O) groups excluding carboxylic acids is 1. The molecule has 0 bridgehead atoms. The van der Waals surface area contributed by atoms with Gasteiger partial charge in [-0.1, -0.05) is 0 Å². The van der Waals surface area contributed by atoms with Crippen molar-refractivity contribution in [1.82, 2.24) is 14.8 Å². The monoisotopic (exact) mass is 290 g/mol. The predicted molar refractivity (Wildman–Crippen MR) is 75.9 cm³/mol. The van der Waals surface area contributed by atoms with E-state index in [1.807, 2.05) is 14.1 Å². The first kappa shape index (κ1) is 15.2. The smallest absolute Gasteiger partial charge is 0.239 e. The van der Waals surface area contributed by atoms with Crippen molar-refractivity contribution in [3.05, 3.63) is 11.1 Å². The Hall–Kier alpha value is -0.850. The van der Waals surface area contributed by atoms with Gasteiger partial charge in [0.05, 0.1) is 6.04 Å². The third-order valence-electron chi connectivity index (χ3n) is 3.02. The summed E-state index contributed by atoms with van der Waals surface area (Å²) < 4.78 is 0. The molecule has 5 nitrogen and oxygen atoms in total. The molecule has 1 aromatic heterocycles. The van der Waals surface area contributed by atoms with Gasteiger partial charge in [0.2, 0.25) is 5.91 Å². The molecule has 18 heavy (non-hydrogen) atoms. The van der Waals surface area contributed by atoms with Crippen LogP contribution in [0, 0.1) is 0 Å². The second-order valence-electron chi connectivity index (χ2n) is 4.53. The standard InChI is InChI=1S/C11H18N4OS.ClH/c1-14(2)10(16)9-4-3-5-15(9)7-8-6-13-11(12)17-8;/h6,9H,3-5,7H2,1-2H3,(H2,12,13);1H. The topological polar surface area (TPSA) is 62.5 Å². The van der Waals surface area contributed by atoms with Gasteiger partial charge in [-0.15, -0.1) is 23.7 Å². The molecule has 0 saturated carbocycles. The number of likely N-dealkylation sites (tertiary alicyclic amines) is 1. The maximum atomic E-state index is 12.0. The first-order valence-corrected chi connectivity index (χ1v) is 6.55. The molecule has 1 unspecified atom stereocenters. The lowest BCUT2D eigenvalue weighted by Gasteiger charge is -2.25. The summed E-state index contributed by atoms with van der Waals surface area (Å²) in [6.45, 7) is 1.75. The Morgan fingerprint density at radius 3 is 2.94 bits per heavy atom. The highest BCUT2D eigenvalue weighted by Gasteiger charge is 2.31. The minimum absolute atomic E-state index is 0. The van der Waals surface area contributed by atoms with Crippen LogP contribution in [0.4, 0.5) is 5.13 Å². The van der Waals surface area contributed by atoms with Crippen LogP contribution in [0.15, 0.2) is 6.20 Å². The molecule has 7 heteroatoms. The lowest BCUT2D eigenvalue weighted by Crippen LogP contribution is -2.42. The SMILES string of the molecule is CN(C)C(=O)C1CCCN1Cc1cnc(N)s1.Cl. The van der Waals surface area contributed by atoms with Crippen molar-refractivity contribution in [2.45, 2.75) is 25.4 Å². The van der Waals surface area contributed by atoms with Crippen LogP contribution in [0.25, 0.3) is 0 Å². The molecule has 1 amide bonds. The summed E-state index contributed by atoms with van der Waals surface area (Å²) in [7, 11) is 3.62. The van der Waals surface area contributed by atoms with Crippen molar-refractivity contribution in [3.8, 4) is 0 Å². The van der Waals surface area contributed by atoms with E-state index in [4.69, 9.17) is 5.73 Å². The fourth-order valence-corrected chi connectivity index (χ4v) is 2.90. The van der Waals surface area contributed by atoms with Gasteiger partial charge in [0.1, 0.15) is 0 Å². The number of hydrogen-bond donors (Lipinski definition) is 1. The minimum atomic E-state index is 0. The van der Waals surface area contributed by atoms with E-state index in [1.165, 1.54) is 11.3 Å². The van der Waals surface area contributed by atoms with Crippen LogP contribution in [0.2, 0.25) is 0 Å². The van der Waals surface area contributed by atoms with Crippen molar-refractivity contribution in [3.63, 3.8) is 0 Å². The number of nitrogens with zero attached hydrogens (tertiary/aromatic N) is 3. The van der Waals surface area contributed by atoms with Gasteiger partial charge < -0.3 is 10.6 Å². The molecule has 0 radical (unpaired) electrons. The van der Waals surface area contributed by atoms with Gasteiger partial charge in [-0.3, -0.25) is 9.69 Å². The number of anilines is 1. The van der Waals surface area contributed by atoms with Crippen LogP contribution in [-0.2, 0) is 11.3 Å². The molecular weight excluding hydrogens is 272 g/mol. The van der Waals surface area contributed by atoms with Crippen LogP contribution in [0.1, 0.15) is 17.7 Å². The van der Waals surface area contributed by atoms with Crippen LogP contribution < -0.4 is 5.73 Å². The summed E-state index contributed by atoms with van der Waals surface area (Å²) in [5, 5.41) is 0.592. The lowest BCUT2D eigenvalue weighted by atomic mass is 10.2. The summed E-state index contributed by atoms with van der Waals surface area (Å²) in [5.41, 5.74) is 5.61. The van der Waals surface area contributed by atoms with E-state index in [-0.39, 0.29) is 24.4 Å². The zero-order valence-corrected chi connectivity index (χ0v) is 12.3. The van der Waals surface area contributed by atoms with E-state index in [9.17, 15) is 4.79 Å². The quantitative estimate of drug-likeness (QED) is 0.909. The summed E-state index contributed by atoms with van der Waals surface area (Å²) in [5.74, 6) is 0.194. The molecule has 1 atom stereocenters. The number of likely N-dealkylation sites (N-methyl/N-ethyl adjacent to an activating group) is 1. The van der Waals surface area contributed by atoms with Gasteiger partial charge in [0.25, 0.3) is 0 Å². The first-order chi connectivity index (χ1) is 8.08. The number of amides is 1. The van der Waals surface area contributed by atoms with Crippen LogP contribution in [0.3, 0.4) is 0 Å². The molecule has 1 aliphatic heterocycles. The summed E-state index contributed by atoms with van der Waals surface area (Å²) in [6.07, 6.45) is 3.83. The van der Waals surface area contributed by atoms with Gasteiger partial charge >= 0.3 is 0 Å². The van der Waals surface area contributed by atoms with Crippen molar-refractivity contribution in [2.75, 3.05) is 26.4 Å². The third kappa shape index (κ3) is 3.34. The third-order valence-corrected chi connectivity index (χ3v) is 3.83. The maximum Gasteiger partial charge on any atom is 0.239 e. The Morgan fingerprint density at radius 1 is 1.67 bits per heavy atom. The molecular formula is C11H19ClN4OS. The molecule has 0 aromatic carbocycles. The Kier molecular flexibility index (Phi) is 5.37. The van der Waals surface area contributed by atoms with Crippen LogP contribution in [0.5, 0.6) is 0 Å². The van der Waals surface area contributed by atoms with E-state index < -0.39 is 0 Å². The molecule has 2 rings (SSSR count). The highest BCUT2D eigenvalue weighted by atomic mass is 35.5. The van der Waals surface area contributed by atoms with E-state index in [0.717, 1.165) is 30.8 Å². The first-order valence-electron chi connectivity index (χ1n) is 5.73. The van der Waals surface area contributed by atoms with E-state index in [0.29, 0.717) is 5.13 Å².